The fraction of sp³-hybridized carbons (Fsp3) is 0.214. The second-order valence-corrected chi connectivity index (χ2v) is 10.4. The molecule has 0 bridgehead atoms. The molecular weight excluding hydrogens is 602 g/mol. The lowest BCUT2D eigenvalue weighted by atomic mass is 10.1. The van der Waals surface area contributed by atoms with Crippen molar-refractivity contribution in [3.05, 3.63) is 102 Å². The van der Waals surface area contributed by atoms with Gasteiger partial charge in [0.25, 0.3) is 11.5 Å². The molecule has 0 aliphatic heterocycles. The van der Waals surface area contributed by atoms with E-state index >= 15 is 0 Å². The highest BCUT2D eigenvalue weighted by Crippen LogP contribution is 2.36. The first-order chi connectivity index (χ1) is 19.1. The average Bonchev–Trinajstić information content (AvgIpc) is 2.92. The van der Waals surface area contributed by atoms with Gasteiger partial charge < -0.3 is 10.1 Å². The van der Waals surface area contributed by atoms with E-state index in [0.29, 0.717) is 28.8 Å². The average molecular weight is 627 g/mol. The van der Waals surface area contributed by atoms with Gasteiger partial charge >= 0.3 is 5.69 Å². The number of benzene rings is 3. The number of halogens is 2. The maximum absolute atomic E-state index is 13.3. The van der Waals surface area contributed by atoms with Gasteiger partial charge in [-0.05, 0) is 49.2 Å². The third-order valence-electron chi connectivity index (χ3n) is 6.22. The summed E-state index contributed by atoms with van der Waals surface area (Å²) in [4.78, 5) is 41.6. The predicted molar refractivity (Wildman–Crippen MR) is 159 cm³/mol. The van der Waals surface area contributed by atoms with E-state index in [-0.39, 0.29) is 27.8 Å². The number of rotatable bonds is 9. The number of nitrogens with one attached hydrogen (secondary N) is 1. The molecule has 1 heterocycles. The summed E-state index contributed by atoms with van der Waals surface area (Å²) in [5.74, 6) is -0.382. The zero-order valence-electron chi connectivity index (χ0n) is 21.9. The summed E-state index contributed by atoms with van der Waals surface area (Å²) in [5, 5.41) is 19.2. The van der Waals surface area contributed by atoms with Crippen LogP contribution < -0.4 is 15.6 Å². The van der Waals surface area contributed by atoms with Gasteiger partial charge in [-0.25, -0.2) is 4.98 Å². The fourth-order valence-corrected chi connectivity index (χ4v) is 4.53. The van der Waals surface area contributed by atoms with Gasteiger partial charge in [0.1, 0.15) is 5.82 Å². The van der Waals surface area contributed by atoms with Gasteiger partial charge in [-0.1, -0.05) is 59.6 Å². The van der Waals surface area contributed by atoms with Gasteiger partial charge in [-0.15, -0.1) is 0 Å². The van der Waals surface area contributed by atoms with Crippen LogP contribution in [0, 0.1) is 17.0 Å². The van der Waals surface area contributed by atoms with Crippen LogP contribution in [0.5, 0.6) is 5.75 Å². The zero-order valence-corrected chi connectivity index (χ0v) is 24.2. The molecule has 12 heteroatoms. The van der Waals surface area contributed by atoms with Crippen LogP contribution in [0.1, 0.15) is 43.1 Å². The van der Waals surface area contributed by atoms with E-state index in [0.717, 1.165) is 10.0 Å². The smallest absolute Gasteiger partial charge is 0.313 e. The Morgan fingerprint density at radius 2 is 2.02 bits per heavy atom. The summed E-state index contributed by atoms with van der Waals surface area (Å²) in [6.07, 6.45) is 2.01. The molecule has 0 fully saturated rings. The molecule has 40 heavy (non-hydrogen) atoms. The van der Waals surface area contributed by atoms with E-state index in [1.54, 1.807) is 30.3 Å². The normalized spacial score (nSPS) is 12.0. The molecule has 0 unspecified atom stereocenters. The third-order valence-corrected chi connectivity index (χ3v) is 6.99. The third kappa shape index (κ3) is 6.37. The highest BCUT2D eigenvalue weighted by molar-refractivity contribution is 9.10. The maximum Gasteiger partial charge on any atom is 0.313 e. The Morgan fingerprint density at radius 1 is 1.27 bits per heavy atom. The monoisotopic (exact) mass is 625 g/mol. The Hall–Kier alpha value is -4.09. The van der Waals surface area contributed by atoms with Crippen molar-refractivity contribution in [2.45, 2.75) is 33.1 Å². The van der Waals surface area contributed by atoms with Crippen molar-refractivity contribution < 1.29 is 14.5 Å². The molecule has 0 saturated carbocycles. The number of aromatic nitrogens is 2. The number of carbonyl (C=O) groups is 1. The van der Waals surface area contributed by atoms with Crippen LogP contribution in [0.4, 0.5) is 11.4 Å². The van der Waals surface area contributed by atoms with Gasteiger partial charge in [-0.2, -0.15) is 9.78 Å². The number of fused-ring (bicyclic) bond motifs is 1. The minimum Gasteiger partial charge on any atom is -0.476 e. The van der Waals surface area contributed by atoms with Crippen LogP contribution in [-0.4, -0.2) is 33.3 Å². The van der Waals surface area contributed by atoms with E-state index in [4.69, 9.17) is 16.3 Å². The first-order valence-corrected chi connectivity index (χ1v) is 13.5. The molecule has 4 aromatic rings. The van der Waals surface area contributed by atoms with E-state index < -0.39 is 23.1 Å². The van der Waals surface area contributed by atoms with Crippen LogP contribution in [0.2, 0.25) is 5.02 Å². The Labute approximate surface area is 242 Å². The highest BCUT2D eigenvalue weighted by atomic mass is 79.9. The summed E-state index contributed by atoms with van der Waals surface area (Å²) in [6, 6.07) is 15.0. The Balaban J connectivity index is 1.65. The number of amides is 1. The van der Waals surface area contributed by atoms with Crippen molar-refractivity contribution >= 4 is 61.9 Å². The number of nitro benzene ring substituents is 1. The number of nitrogens with zero attached hydrogens (tertiary/aromatic N) is 4. The standard InChI is InChI=1S/C28H25BrClN5O5/c1-4-16(2)27-33-23-10-9-19(29)13-20(23)28(37)34(27)31-14-18-11-21(30)26(24(12-18)35(38)39)40-15-25(36)32-22-8-6-5-7-17(22)3/h5-14,16H,4,15H2,1-3H3,(H,32,36)/t16-/m0/s1. The van der Waals surface area contributed by atoms with Gasteiger partial charge in [0, 0.05) is 27.7 Å². The van der Waals surface area contributed by atoms with E-state index in [1.165, 1.54) is 23.0 Å². The van der Waals surface area contributed by atoms with E-state index in [9.17, 15) is 19.7 Å². The second-order valence-electron chi connectivity index (χ2n) is 9.06. The molecule has 206 valence electrons. The molecule has 3 aromatic carbocycles. The molecule has 0 saturated heterocycles. The van der Waals surface area contributed by atoms with Crippen molar-refractivity contribution in [3.8, 4) is 5.75 Å². The molecule has 0 aliphatic carbocycles. The number of aryl methyl sites for hydroxylation is 1. The quantitative estimate of drug-likeness (QED) is 0.129. The maximum atomic E-state index is 13.3. The van der Waals surface area contributed by atoms with E-state index in [2.05, 4.69) is 31.3 Å². The lowest BCUT2D eigenvalue weighted by molar-refractivity contribution is -0.385. The summed E-state index contributed by atoms with van der Waals surface area (Å²) in [5.41, 5.74) is 1.43. The molecule has 0 aliphatic rings. The second kappa shape index (κ2) is 12.4. The Kier molecular flexibility index (Phi) is 8.96. The number of anilines is 1. The van der Waals surface area contributed by atoms with Crippen molar-refractivity contribution in [3.63, 3.8) is 0 Å². The molecule has 1 amide bonds. The first kappa shape index (κ1) is 28.9. The van der Waals surface area contributed by atoms with Crippen molar-refractivity contribution in [1.29, 1.82) is 0 Å². The largest absolute Gasteiger partial charge is 0.476 e. The lowest BCUT2D eigenvalue weighted by Crippen LogP contribution is -2.23. The molecule has 4 rings (SSSR count). The van der Waals surface area contributed by atoms with Crippen LogP contribution in [0.25, 0.3) is 10.9 Å². The minimum absolute atomic E-state index is 0.0857. The van der Waals surface area contributed by atoms with Gasteiger partial charge in [0.15, 0.2) is 6.61 Å². The number of hydrogen-bond acceptors (Lipinski definition) is 7. The van der Waals surface area contributed by atoms with Crippen LogP contribution in [0.15, 0.2) is 69.0 Å². The Bertz CT molecular complexity index is 1710. The van der Waals surface area contributed by atoms with Crippen molar-refractivity contribution in [1.82, 2.24) is 9.66 Å². The first-order valence-electron chi connectivity index (χ1n) is 12.3. The van der Waals surface area contributed by atoms with Crippen molar-refractivity contribution in [2.75, 3.05) is 11.9 Å². The highest BCUT2D eigenvalue weighted by Gasteiger charge is 2.22. The van der Waals surface area contributed by atoms with Crippen LogP contribution >= 0.6 is 27.5 Å². The molecule has 1 aromatic heterocycles. The zero-order chi connectivity index (χ0) is 29.0. The Morgan fingerprint density at radius 3 is 2.73 bits per heavy atom. The molecule has 0 radical (unpaired) electrons. The van der Waals surface area contributed by atoms with Gasteiger partial charge in [0.05, 0.1) is 27.1 Å². The van der Waals surface area contributed by atoms with Crippen molar-refractivity contribution in [2.24, 2.45) is 5.10 Å². The summed E-state index contributed by atoms with van der Waals surface area (Å²) in [6.45, 7) is 5.25. The number of ether oxygens (including phenoxy) is 1. The number of para-hydroxylation sites is 1. The number of hydrogen-bond donors (Lipinski definition) is 1. The molecule has 1 N–H and O–H groups in total. The molecular formula is C28H25BrClN5O5. The van der Waals surface area contributed by atoms with Gasteiger partial charge in [0.2, 0.25) is 5.75 Å². The van der Waals surface area contributed by atoms with Gasteiger partial charge in [-0.3, -0.25) is 19.7 Å². The number of nitro groups is 1. The SMILES string of the molecule is CC[C@H](C)c1nc2ccc(Br)cc2c(=O)n1N=Cc1cc(Cl)c(OCC(=O)Nc2ccccc2C)c([N+](=O)[O-])c1. The minimum atomic E-state index is -0.663. The lowest BCUT2D eigenvalue weighted by Gasteiger charge is -2.14. The van der Waals surface area contributed by atoms with E-state index in [1.807, 2.05) is 32.9 Å². The fourth-order valence-electron chi connectivity index (χ4n) is 3.89. The predicted octanol–water partition coefficient (Wildman–Crippen LogP) is 6.44. The topological polar surface area (TPSA) is 129 Å². The number of carbonyl (C=O) groups excluding carboxylic acids is 1. The van der Waals surface area contributed by atoms with Crippen LogP contribution in [-0.2, 0) is 4.79 Å². The summed E-state index contributed by atoms with van der Waals surface area (Å²) < 4.78 is 7.38. The molecule has 0 spiro atoms. The summed E-state index contributed by atoms with van der Waals surface area (Å²) >= 11 is 9.73. The molecule has 1 atom stereocenters. The summed E-state index contributed by atoms with van der Waals surface area (Å²) in [7, 11) is 0. The van der Waals surface area contributed by atoms with Crippen LogP contribution in [0.3, 0.4) is 0 Å². The molecule has 10 nitrogen and oxygen atoms in total.